The Morgan fingerprint density at radius 3 is 1.66 bits per heavy atom. The number of rotatable bonds is 15. The molecule has 182 valence electrons. The van der Waals surface area contributed by atoms with E-state index in [0.717, 1.165) is 0 Å². The third kappa shape index (κ3) is 12.6. The van der Waals surface area contributed by atoms with Gasteiger partial charge in [-0.2, -0.15) is 0 Å². The molecule has 0 fully saturated rings. The second kappa shape index (κ2) is 15.7. The number of hydrogen-bond acceptors (Lipinski definition) is 8. The predicted molar refractivity (Wildman–Crippen MR) is 118 cm³/mol. The molecular weight excluding hydrogens is 420 g/mol. The summed E-state index contributed by atoms with van der Waals surface area (Å²) >= 11 is 0. The van der Waals surface area contributed by atoms with Crippen molar-refractivity contribution in [3.05, 3.63) is 24.3 Å². The third-order valence-electron chi connectivity index (χ3n) is 4.34. The lowest BCUT2D eigenvalue weighted by Gasteiger charge is -2.34. The lowest BCUT2D eigenvalue weighted by Crippen LogP contribution is -2.51. The van der Waals surface area contributed by atoms with Crippen molar-refractivity contribution < 1.29 is 38.1 Å². The summed E-state index contributed by atoms with van der Waals surface area (Å²) in [6.07, 6.45) is 0.121. The molecule has 10 nitrogen and oxygen atoms in total. The predicted octanol–water partition coefficient (Wildman–Crippen LogP) is 3.02. The quantitative estimate of drug-likeness (QED) is 0.166. The van der Waals surface area contributed by atoms with Crippen molar-refractivity contribution in [2.75, 3.05) is 33.0 Å². The minimum Gasteiger partial charge on any atom is -0.462 e. The molecule has 0 radical (unpaired) electrons. The van der Waals surface area contributed by atoms with Gasteiger partial charge in [-0.3, -0.25) is 0 Å². The van der Waals surface area contributed by atoms with Gasteiger partial charge < -0.3 is 29.6 Å². The van der Waals surface area contributed by atoms with E-state index in [1.807, 2.05) is 0 Å². The number of carbonyl (C=O) groups excluding carboxylic acids is 4. The highest BCUT2D eigenvalue weighted by molar-refractivity contribution is 5.87. The first-order valence-corrected chi connectivity index (χ1v) is 10.6. The topological polar surface area (TPSA) is 129 Å². The number of carbonyl (C=O) groups is 4. The zero-order valence-electron chi connectivity index (χ0n) is 19.5. The van der Waals surface area contributed by atoms with Gasteiger partial charge >= 0.3 is 24.1 Å². The molecule has 32 heavy (non-hydrogen) atoms. The first-order chi connectivity index (χ1) is 15.1. The number of esters is 2. The van der Waals surface area contributed by atoms with E-state index in [0.29, 0.717) is 19.4 Å². The van der Waals surface area contributed by atoms with Crippen LogP contribution in [0.15, 0.2) is 24.3 Å². The van der Waals surface area contributed by atoms with Crippen molar-refractivity contribution in [1.82, 2.24) is 10.6 Å². The summed E-state index contributed by atoms with van der Waals surface area (Å²) in [6.45, 7) is 14.2. The largest absolute Gasteiger partial charge is 0.462 e. The fourth-order valence-electron chi connectivity index (χ4n) is 2.67. The van der Waals surface area contributed by atoms with E-state index in [4.69, 9.17) is 18.9 Å². The highest BCUT2D eigenvalue weighted by Gasteiger charge is 2.33. The van der Waals surface area contributed by atoms with Crippen LogP contribution in [0.5, 0.6) is 0 Å². The summed E-state index contributed by atoms with van der Waals surface area (Å²) in [5.74, 6) is -1.10. The van der Waals surface area contributed by atoms with Gasteiger partial charge in [-0.25, -0.2) is 19.2 Å². The van der Waals surface area contributed by atoms with Crippen molar-refractivity contribution in [1.29, 1.82) is 0 Å². The molecule has 0 aromatic rings. The van der Waals surface area contributed by atoms with Crippen molar-refractivity contribution in [3.8, 4) is 0 Å². The normalized spacial score (nSPS) is 10.5. The Balaban J connectivity index is 5.33. The Bertz CT molecular complexity index is 643. The molecule has 0 aliphatic carbocycles. The monoisotopic (exact) mass is 456 g/mol. The van der Waals surface area contributed by atoms with Gasteiger partial charge in [0.15, 0.2) is 0 Å². The third-order valence-corrected chi connectivity index (χ3v) is 4.34. The van der Waals surface area contributed by atoms with Crippen LogP contribution < -0.4 is 10.6 Å². The Kier molecular flexibility index (Phi) is 14.2. The van der Waals surface area contributed by atoms with Crippen LogP contribution >= 0.6 is 0 Å². The maximum Gasteiger partial charge on any atom is 0.407 e. The molecule has 0 atom stereocenters. The number of alkyl carbamates (subject to hydrolysis) is 2. The average molecular weight is 457 g/mol. The summed E-state index contributed by atoms with van der Waals surface area (Å²) in [4.78, 5) is 47.2. The second-order valence-corrected chi connectivity index (χ2v) is 7.21. The standard InChI is InChI=1S/C22H36N2O8/c1-7-29-20(27)23-13-9-10-22(24-21(28)30-8-2,11-14-31-18(25)16(3)4)12-15-32-19(26)17(5)6/h3,5,7-15H2,1-2,4,6H3,(H,23,27)(H,24,28). The molecule has 0 heterocycles. The van der Waals surface area contributed by atoms with Gasteiger partial charge in [-0.05, 0) is 40.5 Å². The van der Waals surface area contributed by atoms with Gasteiger partial charge in [0.05, 0.1) is 26.4 Å². The molecule has 10 heteroatoms. The van der Waals surface area contributed by atoms with Crippen LogP contribution in [0.1, 0.15) is 53.4 Å². The SMILES string of the molecule is C=C(C)C(=O)OCCC(CCCNC(=O)OCC)(CCOC(=O)C(=C)C)NC(=O)OCC. The number of amides is 2. The highest BCUT2D eigenvalue weighted by Crippen LogP contribution is 2.23. The van der Waals surface area contributed by atoms with Crippen LogP contribution in [0.3, 0.4) is 0 Å². The average Bonchev–Trinajstić information content (AvgIpc) is 2.71. The first-order valence-electron chi connectivity index (χ1n) is 10.6. The van der Waals surface area contributed by atoms with Gasteiger partial charge in [0.2, 0.25) is 0 Å². The van der Waals surface area contributed by atoms with Gasteiger partial charge in [-0.15, -0.1) is 0 Å². The smallest absolute Gasteiger partial charge is 0.407 e. The summed E-state index contributed by atoms with van der Waals surface area (Å²) in [6, 6.07) is 0. The zero-order valence-corrected chi connectivity index (χ0v) is 19.5. The van der Waals surface area contributed by atoms with Crippen molar-refractivity contribution in [2.24, 2.45) is 0 Å². The maximum atomic E-state index is 12.2. The molecule has 0 unspecified atom stereocenters. The summed E-state index contributed by atoms with van der Waals surface area (Å²) in [5, 5.41) is 5.43. The molecular formula is C22H36N2O8. The molecule has 0 spiro atoms. The highest BCUT2D eigenvalue weighted by atomic mass is 16.6. The second-order valence-electron chi connectivity index (χ2n) is 7.21. The Hall–Kier alpha value is -3.04. The van der Waals surface area contributed by atoms with Gasteiger partial charge in [0.25, 0.3) is 0 Å². The number of hydrogen-bond donors (Lipinski definition) is 2. The van der Waals surface area contributed by atoms with Crippen LogP contribution in [0, 0.1) is 0 Å². The molecule has 0 bridgehead atoms. The minimum atomic E-state index is -0.923. The van der Waals surface area contributed by atoms with Gasteiger partial charge in [0, 0.05) is 36.1 Å². The molecule has 2 amide bonds. The summed E-state index contributed by atoms with van der Waals surface area (Å²) in [7, 11) is 0. The lowest BCUT2D eigenvalue weighted by molar-refractivity contribution is -0.139. The molecule has 0 saturated heterocycles. The Morgan fingerprint density at radius 1 is 0.750 bits per heavy atom. The van der Waals surface area contributed by atoms with Crippen LogP contribution in [0.25, 0.3) is 0 Å². The van der Waals surface area contributed by atoms with Gasteiger partial charge in [-0.1, -0.05) is 13.2 Å². The van der Waals surface area contributed by atoms with E-state index < -0.39 is 29.7 Å². The van der Waals surface area contributed by atoms with Crippen molar-refractivity contribution >= 4 is 24.1 Å². The van der Waals surface area contributed by atoms with Crippen molar-refractivity contribution in [2.45, 2.75) is 58.9 Å². The fourth-order valence-corrected chi connectivity index (χ4v) is 2.67. The molecule has 0 aromatic heterocycles. The number of nitrogens with one attached hydrogen (secondary N) is 2. The molecule has 0 aliphatic rings. The Morgan fingerprint density at radius 2 is 1.22 bits per heavy atom. The van der Waals surface area contributed by atoms with E-state index in [1.165, 1.54) is 13.8 Å². The van der Waals surface area contributed by atoms with Crippen LogP contribution in [0.4, 0.5) is 9.59 Å². The fraction of sp³-hybridized carbons (Fsp3) is 0.636. The van der Waals surface area contributed by atoms with Crippen LogP contribution in [0.2, 0.25) is 0 Å². The van der Waals surface area contributed by atoms with Crippen LogP contribution in [-0.2, 0) is 28.5 Å². The molecule has 2 N–H and O–H groups in total. The minimum absolute atomic E-state index is 0.00215. The van der Waals surface area contributed by atoms with E-state index in [-0.39, 0.29) is 50.4 Å². The molecule has 0 rings (SSSR count). The summed E-state index contributed by atoms with van der Waals surface area (Å²) in [5.41, 5.74) is -0.418. The summed E-state index contributed by atoms with van der Waals surface area (Å²) < 4.78 is 20.2. The van der Waals surface area contributed by atoms with E-state index >= 15 is 0 Å². The van der Waals surface area contributed by atoms with E-state index in [2.05, 4.69) is 23.8 Å². The Labute approximate surface area is 189 Å². The van der Waals surface area contributed by atoms with Gasteiger partial charge in [0.1, 0.15) is 0 Å². The van der Waals surface area contributed by atoms with E-state index in [9.17, 15) is 19.2 Å². The molecule has 0 aromatic carbocycles. The first kappa shape index (κ1) is 29.0. The molecule has 0 saturated carbocycles. The zero-order chi connectivity index (χ0) is 24.6. The van der Waals surface area contributed by atoms with Crippen molar-refractivity contribution in [3.63, 3.8) is 0 Å². The molecule has 0 aliphatic heterocycles. The number of ether oxygens (including phenoxy) is 4. The lowest BCUT2D eigenvalue weighted by atomic mass is 9.86. The maximum absolute atomic E-state index is 12.2. The van der Waals surface area contributed by atoms with Crippen LogP contribution in [-0.4, -0.2) is 62.6 Å². The van der Waals surface area contributed by atoms with E-state index in [1.54, 1.807) is 13.8 Å².